The van der Waals surface area contributed by atoms with Crippen molar-refractivity contribution in [3.05, 3.63) is 0 Å². The highest BCUT2D eigenvalue weighted by Crippen LogP contribution is 2.12. The lowest BCUT2D eigenvalue weighted by atomic mass is 10.1. The molecule has 1 rings (SSSR count). The summed E-state index contributed by atoms with van der Waals surface area (Å²) in [6.07, 6.45) is 8.60. The third-order valence-electron chi connectivity index (χ3n) is 3.89. The SMILES string of the molecule is CCCCCC(=O)N1CCCN(C(=O)CCCCC)C1. The minimum Gasteiger partial charge on any atom is -0.325 e. The maximum Gasteiger partial charge on any atom is 0.223 e. The van der Waals surface area contributed by atoms with Crippen molar-refractivity contribution in [2.45, 2.75) is 71.6 Å². The molecule has 1 fully saturated rings. The van der Waals surface area contributed by atoms with Gasteiger partial charge in [-0.25, -0.2) is 0 Å². The highest BCUT2D eigenvalue weighted by molar-refractivity contribution is 5.79. The monoisotopic (exact) mass is 282 g/mol. The first-order chi connectivity index (χ1) is 9.69. The topological polar surface area (TPSA) is 40.6 Å². The molecule has 1 aliphatic rings. The first-order valence-corrected chi connectivity index (χ1v) is 8.24. The average molecular weight is 282 g/mol. The van der Waals surface area contributed by atoms with Crippen LogP contribution in [0.2, 0.25) is 0 Å². The van der Waals surface area contributed by atoms with Crippen LogP contribution in [0.5, 0.6) is 0 Å². The molecule has 20 heavy (non-hydrogen) atoms. The first-order valence-electron chi connectivity index (χ1n) is 8.24. The van der Waals surface area contributed by atoms with Crippen molar-refractivity contribution in [1.82, 2.24) is 9.80 Å². The maximum absolute atomic E-state index is 12.1. The summed E-state index contributed by atoms with van der Waals surface area (Å²) in [4.78, 5) is 27.9. The van der Waals surface area contributed by atoms with E-state index in [1.165, 1.54) is 0 Å². The Morgan fingerprint density at radius 1 is 0.800 bits per heavy atom. The smallest absolute Gasteiger partial charge is 0.223 e. The van der Waals surface area contributed by atoms with Gasteiger partial charge in [0, 0.05) is 25.9 Å². The van der Waals surface area contributed by atoms with E-state index in [1.807, 2.05) is 9.80 Å². The summed E-state index contributed by atoms with van der Waals surface area (Å²) in [6, 6.07) is 0. The van der Waals surface area contributed by atoms with Crippen molar-refractivity contribution in [3.8, 4) is 0 Å². The summed E-state index contributed by atoms with van der Waals surface area (Å²) >= 11 is 0. The highest BCUT2D eigenvalue weighted by atomic mass is 16.2. The largest absolute Gasteiger partial charge is 0.325 e. The molecule has 0 aliphatic carbocycles. The number of unbranched alkanes of at least 4 members (excludes halogenated alkanes) is 4. The van der Waals surface area contributed by atoms with Crippen molar-refractivity contribution >= 4 is 11.8 Å². The zero-order valence-electron chi connectivity index (χ0n) is 13.2. The van der Waals surface area contributed by atoms with Gasteiger partial charge in [-0.3, -0.25) is 9.59 Å². The van der Waals surface area contributed by atoms with E-state index in [0.29, 0.717) is 19.5 Å². The Hall–Kier alpha value is -1.06. The molecular formula is C16H30N2O2. The van der Waals surface area contributed by atoms with Gasteiger partial charge in [0.2, 0.25) is 11.8 Å². The Morgan fingerprint density at radius 2 is 1.25 bits per heavy atom. The lowest BCUT2D eigenvalue weighted by molar-refractivity contribution is -0.142. The van der Waals surface area contributed by atoms with Gasteiger partial charge >= 0.3 is 0 Å². The van der Waals surface area contributed by atoms with Crippen LogP contribution in [0.15, 0.2) is 0 Å². The van der Waals surface area contributed by atoms with Crippen molar-refractivity contribution in [2.24, 2.45) is 0 Å². The van der Waals surface area contributed by atoms with Gasteiger partial charge in [0.25, 0.3) is 0 Å². The highest BCUT2D eigenvalue weighted by Gasteiger charge is 2.24. The van der Waals surface area contributed by atoms with Crippen LogP contribution in [0.3, 0.4) is 0 Å². The van der Waals surface area contributed by atoms with E-state index in [2.05, 4.69) is 13.8 Å². The van der Waals surface area contributed by atoms with Gasteiger partial charge in [-0.1, -0.05) is 39.5 Å². The molecule has 1 saturated heterocycles. The van der Waals surface area contributed by atoms with Crippen molar-refractivity contribution in [1.29, 1.82) is 0 Å². The van der Waals surface area contributed by atoms with Crippen LogP contribution in [0, 0.1) is 0 Å². The Labute approximate surface area is 123 Å². The fourth-order valence-electron chi connectivity index (χ4n) is 2.58. The van der Waals surface area contributed by atoms with E-state index in [9.17, 15) is 9.59 Å². The van der Waals surface area contributed by atoms with Gasteiger partial charge in [-0.15, -0.1) is 0 Å². The molecule has 0 aromatic carbocycles. The van der Waals surface area contributed by atoms with Crippen molar-refractivity contribution in [2.75, 3.05) is 19.8 Å². The van der Waals surface area contributed by atoms with Crippen molar-refractivity contribution in [3.63, 3.8) is 0 Å². The second-order valence-electron chi connectivity index (χ2n) is 5.72. The Kier molecular flexibility index (Phi) is 8.31. The Balaban J connectivity index is 2.33. The molecular weight excluding hydrogens is 252 g/mol. The number of hydrogen-bond acceptors (Lipinski definition) is 2. The molecule has 0 aromatic rings. The summed E-state index contributed by atoms with van der Waals surface area (Å²) in [6.45, 7) is 6.41. The van der Waals surface area contributed by atoms with Gasteiger partial charge in [0.1, 0.15) is 0 Å². The van der Waals surface area contributed by atoms with E-state index in [0.717, 1.165) is 58.0 Å². The molecule has 0 saturated carbocycles. The van der Waals surface area contributed by atoms with E-state index >= 15 is 0 Å². The maximum atomic E-state index is 12.1. The van der Waals surface area contributed by atoms with Crippen LogP contribution in [-0.4, -0.2) is 41.4 Å². The molecule has 2 amide bonds. The number of nitrogens with zero attached hydrogens (tertiary/aromatic N) is 2. The van der Waals surface area contributed by atoms with Crippen LogP contribution in [0.1, 0.15) is 71.6 Å². The van der Waals surface area contributed by atoms with Crippen LogP contribution in [-0.2, 0) is 9.59 Å². The molecule has 0 atom stereocenters. The molecule has 0 unspecified atom stereocenters. The van der Waals surface area contributed by atoms with Gasteiger partial charge in [-0.2, -0.15) is 0 Å². The summed E-state index contributed by atoms with van der Waals surface area (Å²) in [5.74, 6) is 0.425. The van der Waals surface area contributed by atoms with Crippen LogP contribution < -0.4 is 0 Å². The normalized spacial score (nSPS) is 15.5. The molecule has 1 heterocycles. The minimum absolute atomic E-state index is 0.213. The number of rotatable bonds is 8. The third kappa shape index (κ3) is 5.93. The van der Waals surface area contributed by atoms with E-state index in [-0.39, 0.29) is 11.8 Å². The molecule has 4 heteroatoms. The summed E-state index contributed by atoms with van der Waals surface area (Å²) in [5, 5.41) is 0. The number of carbonyl (C=O) groups is 2. The molecule has 0 spiro atoms. The van der Waals surface area contributed by atoms with Crippen LogP contribution in [0.4, 0.5) is 0 Å². The third-order valence-corrected chi connectivity index (χ3v) is 3.89. The second-order valence-corrected chi connectivity index (χ2v) is 5.72. The van der Waals surface area contributed by atoms with Gasteiger partial charge < -0.3 is 9.80 Å². The van der Waals surface area contributed by atoms with Crippen LogP contribution >= 0.6 is 0 Å². The fraction of sp³-hybridized carbons (Fsp3) is 0.875. The van der Waals surface area contributed by atoms with E-state index < -0.39 is 0 Å². The zero-order chi connectivity index (χ0) is 14.8. The van der Waals surface area contributed by atoms with E-state index in [4.69, 9.17) is 0 Å². The predicted molar refractivity (Wildman–Crippen MR) is 81.2 cm³/mol. The second kappa shape index (κ2) is 9.78. The molecule has 0 aromatic heterocycles. The minimum atomic E-state index is 0.213. The molecule has 4 nitrogen and oxygen atoms in total. The first kappa shape index (κ1) is 17.0. The summed E-state index contributed by atoms with van der Waals surface area (Å²) < 4.78 is 0. The Bertz CT molecular complexity index is 277. The number of amides is 2. The molecule has 1 aliphatic heterocycles. The lowest BCUT2D eigenvalue weighted by Gasteiger charge is -2.35. The molecule has 116 valence electrons. The summed E-state index contributed by atoms with van der Waals surface area (Å²) in [5.41, 5.74) is 0. The van der Waals surface area contributed by atoms with Gasteiger partial charge in [0.15, 0.2) is 0 Å². The lowest BCUT2D eigenvalue weighted by Crippen LogP contribution is -2.49. The fourth-order valence-corrected chi connectivity index (χ4v) is 2.58. The number of carbonyl (C=O) groups excluding carboxylic acids is 2. The Morgan fingerprint density at radius 3 is 1.65 bits per heavy atom. The van der Waals surface area contributed by atoms with Crippen molar-refractivity contribution < 1.29 is 9.59 Å². The zero-order valence-corrected chi connectivity index (χ0v) is 13.2. The van der Waals surface area contributed by atoms with Gasteiger partial charge in [0.05, 0.1) is 6.67 Å². The predicted octanol–water partition coefficient (Wildman–Crippen LogP) is 3.17. The van der Waals surface area contributed by atoms with E-state index in [1.54, 1.807) is 0 Å². The summed E-state index contributed by atoms with van der Waals surface area (Å²) in [7, 11) is 0. The number of hydrogen-bond donors (Lipinski definition) is 0. The molecule has 0 N–H and O–H groups in total. The standard InChI is InChI=1S/C16H30N2O2/c1-3-5-7-10-15(19)17-12-9-13-18(14-17)16(20)11-8-6-4-2/h3-14H2,1-2H3. The average Bonchev–Trinajstić information content (AvgIpc) is 2.47. The quantitative estimate of drug-likeness (QED) is 0.642. The van der Waals surface area contributed by atoms with Crippen LogP contribution in [0.25, 0.3) is 0 Å². The van der Waals surface area contributed by atoms with Gasteiger partial charge in [-0.05, 0) is 19.3 Å². The molecule has 0 radical (unpaired) electrons. The molecule has 0 bridgehead atoms.